The average molecular weight is 258 g/mol. The minimum Gasteiger partial charge on any atom is -0.324 e. The number of hydrogen-bond acceptors (Lipinski definition) is 1. The van der Waals surface area contributed by atoms with Gasteiger partial charge in [0.1, 0.15) is 0 Å². The van der Waals surface area contributed by atoms with E-state index in [9.17, 15) is 0 Å². The summed E-state index contributed by atoms with van der Waals surface area (Å²) in [5.74, 6) is 0.468. The molecule has 0 radical (unpaired) electrons. The molecule has 1 nitrogen and oxygen atoms in total. The third-order valence-electron chi connectivity index (χ3n) is 3.77. The predicted molar refractivity (Wildman–Crippen MR) is 75.9 cm³/mol. The Morgan fingerprint density at radius 1 is 1.06 bits per heavy atom. The lowest BCUT2D eigenvalue weighted by Crippen LogP contribution is -2.27. The molecule has 2 N–H and O–H groups in total. The van der Waals surface area contributed by atoms with E-state index >= 15 is 0 Å². The van der Waals surface area contributed by atoms with Gasteiger partial charge in [-0.15, -0.1) is 0 Å². The zero-order valence-electron chi connectivity index (χ0n) is 10.1. The predicted octanol–water partition coefficient (Wildman–Crippen LogP) is 3.77. The Morgan fingerprint density at radius 2 is 1.72 bits per heavy atom. The Labute approximate surface area is 113 Å². The number of benzene rings is 2. The highest BCUT2D eigenvalue weighted by Crippen LogP contribution is 2.51. The highest BCUT2D eigenvalue weighted by Gasteiger charge is 2.51. The third kappa shape index (κ3) is 2.29. The summed E-state index contributed by atoms with van der Waals surface area (Å²) < 4.78 is 0. The normalized spacial score (nSPS) is 26.0. The minimum absolute atomic E-state index is 0.0742. The van der Waals surface area contributed by atoms with Crippen molar-refractivity contribution >= 4 is 11.6 Å². The van der Waals surface area contributed by atoms with Crippen LogP contribution in [0.4, 0.5) is 0 Å². The zero-order chi connectivity index (χ0) is 12.6. The monoisotopic (exact) mass is 257 g/mol. The van der Waals surface area contributed by atoms with Gasteiger partial charge >= 0.3 is 0 Å². The van der Waals surface area contributed by atoms with Gasteiger partial charge in [0.25, 0.3) is 0 Å². The van der Waals surface area contributed by atoms with Crippen LogP contribution in [0.1, 0.15) is 23.5 Å². The summed E-state index contributed by atoms with van der Waals surface area (Å²) in [5.41, 5.74) is 9.01. The lowest BCUT2D eigenvalue weighted by molar-refractivity contribution is 0.646. The second-order valence-corrected chi connectivity index (χ2v) is 5.64. The van der Waals surface area contributed by atoms with Crippen molar-refractivity contribution in [3.8, 4) is 0 Å². The van der Waals surface area contributed by atoms with Gasteiger partial charge in [0, 0.05) is 16.5 Å². The van der Waals surface area contributed by atoms with Gasteiger partial charge in [-0.25, -0.2) is 0 Å². The molecular formula is C16H16ClN. The smallest absolute Gasteiger partial charge is 0.0406 e. The van der Waals surface area contributed by atoms with E-state index in [1.54, 1.807) is 0 Å². The molecule has 0 saturated heterocycles. The summed E-state index contributed by atoms with van der Waals surface area (Å²) in [6.07, 6.45) is 2.00. The van der Waals surface area contributed by atoms with Crippen LogP contribution in [0.25, 0.3) is 0 Å². The van der Waals surface area contributed by atoms with Gasteiger partial charge in [0.15, 0.2) is 0 Å². The standard InChI is InChI=1S/C16H16ClN/c17-14-8-6-13(7-9-14)15-11-16(15,18)10-12-4-2-1-3-5-12/h1-9,15H,10-11,18H2. The van der Waals surface area contributed by atoms with Crippen LogP contribution in [0, 0.1) is 0 Å². The number of rotatable bonds is 3. The lowest BCUT2D eigenvalue weighted by atomic mass is 10.00. The molecule has 18 heavy (non-hydrogen) atoms. The Balaban J connectivity index is 1.74. The van der Waals surface area contributed by atoms with Crippen molar-refractivity contribution in [2.75, 3.05) is 0 Å². The first kappa shape index (κ1) is 11.8. The van der Waals surface area contributed by atoms with Crippen LogP contribution < -0.4 is 5.73 Å². The van der Waals surface area contributed by atoms with Gasteiger partial charge in [-0.1, -0.05) is 54.1 Å². The summed E-state index contributed by atoms with van der Waals surface area (Å²) >= 11 is 5.91. The summed E-state index contributed by atoms with van der Waals surface area (Å²) in [5, 5.41) is 0.782. The fourth-order valence-corrected chi connectivity index (χ4v) is 2.76. The molecule has 0 amide bonds. The molecule has 3 rings (SSSR count). The first-order chi connectivity index (χ1) is 8.67. The quantitative estimate of drug-likeness (QED) is 0.890. The van der Waals surface area contributed by atoms with Crippen molar-refractivity contribution in [3.05, 3.63) is 70.7 Å². The van der Waals surface area contributed by atoms with Gasteiger partial charge in [-0.05, 0) is 36.1 Å². The van der Waals surface area contributed by atoms with Crippen molar-refractivity contribution in [3.63, 3.8) is 0 Å². The highest BCUT2D eigenvalue weighted by atomic mass is 35.5. The molecule has 0 heterocycles. The van der Waals surface area contributed by atoms with Gasteiger partial charge in [-0.3, -0.25) is 0 Å². The molecule has 2 atom stereocenters. The zero-order valence-corrected chi connectivity index (χ0v) is 10.9. The Hall–Kier alpha value is -1.31. The van der Waals surface area contributed by atoms with Crippen LogP contribution >= 0.6 is 11.6 Å². The number of nitrogens with two attached hydrogens (primary N) is 1. The molecule has 0 aliphatic heterocycles. The SMILES string of the molecule is NC1(Cc2ccccc2)CC1c1ccc(Cl)cc1. The number of hydrogen-bond donors (Lipinski definition) is 1. The molecular weight excluding hydrogens is 242 g/mol. The molecule has 2 aromatic rings. The minimum atomic E-state index is -0.0742. The van der Waals surface area contributed by atoms with E-state index in [1.807, 2.05) is 18.2 Å². The summed E-state index contributed by atoms with van der Waals surface area (Å²) in [6, 6.07) is 18.5. The van der Waals surface area contributed by atoms with E-state index < -0.39 is 0 Å². The molecule has 0 aromatic heterocycles. The fraction of sp³-hybridized carbons (Fsp3) is 0.250. The molecule has 0 bridgehead atoms. The van der Waals surface area contributed by atoms with Crippen molar-refractivity contribution < 1.29 is 0 Å². The van der Waals surface area contributed by atoms with Crippen LogP contribution in [0.5, 0.6) is 0 Å². The van der Waals surface area contributed by atoms with Gasteiger partial charge in [-0.2, -0.15) is 0 Å². The summed E-state index contributed by atoms with van der Waals surface area (Å²) in [7, 11) is 0. The van der Waals surface area contributed by atoms with E-state index in [2.05, 4.69) is 36.4 Å². The second kappa shape index (κ2) is 4.42. The topological polar surface area (TPSA) is 26.0 Å². The molecule has 1 aliphatic carbocycles. The Bertz CT molecular complexity index is 535. The number of halogens is 1. The van der Waals surface area contributed by atoms with Gasteiger partial charge in [0.2, 0.25) is 0 Å². The van der Waals surface area contributed by atoms with Crippen LogP contribution in [-0.2, 0) is 6.42 Å². The highest BCUT2D eigenvalue weighted by molar-refractivity contribution is 6.30. The van der Waals surface area contributed by atoms with Crippen molar-refractivity contribution in [1.82, 2.24) is 0 Å². The first-order valence-corrected chi connectivity index (χ1v) is 6.63. The summed E-state index contributed by atoms with van der Waals surface area (Å²) in [6.45, 7) is 0. The van der Waals surface area contributed by atoms with E-state index in [4.69, 9.17) is 17.3 Å². The Morgan fingerprint density at radius 3 is 2.39 bits per heavy atom. The average Bonchev–Trinajstić information content (AvgIpc) is 3.03. The maximum Gasteiger partial charge on any atom is 0.0406 e. The van der Waals surface area contributed by atoms with E-state index in [0.29, 0.717) is 5.92 Å². The van der Waals surface area contributed by atoms with Crippen molar-refractivity contribution in [1.29, 1.82) is 0 Å². The molecule has 0 spiro atoms. The van der Waals surface area contributed by atoms with Crippen LogP contribution in [0.15, 0.2) is 54.6 Å². The van der Waals surface area contributed by atoms with Crippen molar-refractivity contribution in [2.24, 2.45) is 5.73 Å². The first-order valence-electron chi connectivity index (χ1n) is 6.26. The van der Waals surface area contributed by atoms with Crippen molar-refractivity contribution in [2.45, 2.75) is 24.3 Å². The maximum atomic E-state index is 6.46. The van der Waals surface area contributed by atoms with E-state index in [-0.39, 0.29) is 5.54 Å². The van der Waals surface area contributed by atoms with Crippen LogP contribution in [-0.4, -0.2) is 5.54 Å². The molecule has 2 heteroatoms. The lowest BCUT2D eigenvalue weighted by Gasteiger charge is -2.12. The maximum absolute atomic E-state index is 6.46. The summed E-state index contributed by atoms with van der Waals surface area (Å²) in [4.78, 5) is 0. The third-order valence-corrected chi connectivity index (χ3v) is 4.02. The van der Waals surface area contributed by atoms with E-state index in [0.717, 1.165) is 17.9 Å². The largest absolute Gasteiger partial charge is 0.324 e. The molecule has 1 saturated carbocycles. The molecule has 2 unspecified atom stereocenters. The van der Waals surface area contributed by atoms with Gasteiger partial charge < -0.3 is 5.73 Å². The molecule has 92 valence electrons. The molecule has 2 aromatic carbocycles. The van der Waals surface area contributed by atoms with Crippen LogP contribution in [0.3, 0.4) is 0 Å². The van der Waals surface area contributed by atoms with Crippen LogP contribution in [0.2, 0.25) is 5.02 Å². The second-order valence-electron chi connectivity index (χ2n) is 5.20. The molecule has 1 fully saturated rings. The Kier molecular flexibility index (Phi) is 2.89. The molecule has 1 aliphatic rings. The fourth-order valence-electron chi connectivity index (χ4n) is 2.64. The van der Waals surface area contributed by atoms with Gasteiger partial charge in [0.05, 0.1) is 0 Å². The van der Waals surface area contributed by atoms with E-state index in [1.165, 1.54) is 11.1 Å².